The highest BCUT2D eigenvalue weighted by Gasteiger charge is 2.39. The number of alkyl halides is 3. The van der Waals surface area contributed by atoms with E-state index in [0.29, 0.717) is 4.47 Å². The van der Waals surface area contributed by atoms with Crippen molar-refractivity contribution in [3.8, 4) is 16.9 Å². The van der Waals surface area contributed by atoms with Crippen molar-refractivity contribution in [2.24, 2.45) is 0 Å². The summed E-state index contributed by atoms with van der Waals surface area (Å²) in [5.74, 6) is -1.99. The summed E-state index contributed by atoms with van der Waals surface area (Å²) in [5.41, 5.74) is -2.33. The van der Waals surface area contributed by atoms with Gasteiger partial charge >= 0.3 is 12.1 Å². The standard InChI is InChI=1S/C22H18BrF3O5/c1-21(2,3)31-17(27)11-29-14-8-9-15-16(10-14)30-20(22(24,25)26)18(19(15)28)12-4-6-13(23)7-5-12/h4-10H,11H2,1-3H3. The minimum absolute atomic E-state index is 0.0458. The van der Waals surface area contributed by atoms with E-state index in [1.165, 1.54) is 36.4 Å². The van der Waals surface area contributed by atoms with Gasteiger partial charge in [0, 0.05) is 10.5 Å². The second-order valence-corrected chi connectivity index (χ2v) is 8.59. The summed E-state index contributed by atoms with van der Waals surface area (Å²) in [5, 5.41) is -0.0458. The Morgan fingerprint density at radius 1 is 1.06 bits per heavy atom. The van der Waals surface area contributed by atoms with E-state index >= 15 is 0 Å². The van der Waals surface area contributed by atoms with Crippen LogP contribution in [-0.4, -0.2) is 18.2 Å². The average molecular weight is 499 g/mol. The quantitative estimate of drug-likeness (QED) is 0.415. The molecule has 3 rings (SSSR count). The topological polar surface area (TPSA) is 65.7 Å². The number of rotatable bonds is 4. The van der Waals surface area contributed by atoms with E-state index in [1.54, 1.807) is 20.8 Å². The van der Waals surface area contributed by atoms with Crippen molar-refractivity contribution in [2.45, 2.75) is 32.5 Å². The van der Waals surface area contributed by atoms with Crippen LogP contribution in [0, 0.1) is 0 Å². The van der Waals surface area contributed by atoms with Crippen molar-refractivity contribution < 1.29 is 31.9 Å². The van der Waals surface area contributed by atoms with Crippen LogP contribution in [0.3, 0.4) is 0 Å². The van der Waals surface area contributed by atoms with Gasteiger partial charge in [-0.1, -0.05) is 28.1 Å². The normalized spacial score (nSPS) is 12.1. The highest BCUT2D eigenvalue weighted by atomic mass is 79.9. The maximum atomic E-state index is 13.7. The number of carbonyl (C=O) groups excluding carboxylic acids is 1. The number of halogens is 4. The summed E-state index contributed by atoms with van der Waals surface area (Å²) >= 11 is 3.21. The molecule has 164 valence electrons. The highest BCUT2D eigenvalue weighted by Crippen LogP contribution is 2.38. The van der Waals surface area contributed by atoms with Crippen LogP contribution in [0.1, 0.15) is 26.5 Å². The molecular weight excluding hydrogens is 481 g/mol. The summed E-state index contributed by atoms with van der Waals surface area (Å²) in [4.78, 5) is 24.7. The summed E-state index contributed by atoms with van der Waals surface area (Å²) in [7, 11) is 0. The fourth-order valence-electron chi connectivity index (χ4n) is 2.85. The zero-order valence-electron chi connectivity index (χ0n) is 16.8. The largest absolute Gasteiger partial charge is 0.482 e. The van der Waals surface area contributed by atoms with Crippen molar-refractivity contribution >= 4 is 32.9 Å². The first kappa shape index (κ1) is 22.9. The number of benzene rings is 2. The molecule has 0 aliphatic carbocycles. The fourth-order valence-corrected chi connectivity index (χ4v) is 3.12. The Morgan fingerprint density at radius 3 is 2.29 bits per heavy atom. The zero-order chi connectivity index (χ0) is 23.0. The molecule has 0 saturated carbocycles. The van der Waals surface area contributed by atoms with Crippen LogP contribution < -0.4 is 10.2 Å². The maximum Gasteiger partial charge on any atom is 0.450 e. The van der Waals surface area contributed by atoms with Crippen molar-refractivity contribution in [3.05, 3.63) is 62.9 Å². The number of esters is 1. The first-order chi connectivity index (χ1) is 14.3. The van der Waals surface area contributed by atoms with Gasteiger partial charge in [0.15, 0.2) is 6.61 Å². The lowest BCUT2D eigenvalue weighted by molar-refractivity contribution is -0.157. The van der Waals surface area contributed by atoms with Crippen molar-refractivity contribution in [2.75, 3.05) is 6.61 Å². The molecule has 0 radical (unpaired) electrons. The number of hydrogen-bond acceptors (Lipinski definition) is 5. The number of carbonyl (C=O) groups is 1. The summed E-state index contributed by atoms with van der Waals surface area (Å²) < 4.78 is 57.3. The maximum absolute atomic E-state index is 13.7. The van der Waals surface area contributed by atoms with Crippen LogP contribution in [0.15, 0.2) is 56.1 Å². The second kappa shape index (κ2) is 8.37. The molecule has 1 heterocycles. The molecule has 0 N–H and O–H groups in total. The van der Waals surface area contributed by atoms with Gasteiger partial charge in [0.2, 0.25) is 11.2 Å². The third-order valence-corrected chi connectivity index (χ3v) is 4.56. The minimum atomic E-state index is -4.90. The smallest absolute Gasteiger partial charge is 0.450 e. The van der Waals surface area contributed by atoms with Gasteiger partial charge in [0.05, 0.1) is 10.9 Å². The molecular formula is C22H18BrF3O5. The van der Waals surface area contributed by atoms with Crippen molar-refractivity contribution in [1.82, 2.24) is 0 Å². The Balaban J connectivity index is 2.04. The van der Waals surface area contributed by atoms with Crippen molar-refractivity contribution in [1.29, 1.82) is 0 Å². The molecule has 0 fully saturated rings. The molecule has 31 heavy (non-hydrogen) atoms. The molecule has 2 aromatic carbocycles. The minimum Gasteiger partial charge on any atom is -0.482 e. The number of ether oxygens (including phenoxy) is 2. The summed E-state index contributed by atoms with van der Waals surface area (Å²) in [6, 6.07) is 9.68. The van der Waals surface area contributed by atoms with Crippen molar-refractivity contribution in [3.63, 3.8) is 0 Å². The van der Waals surface area contributed by atoms with Gasteiger partial charge in [-0.2, -0.15) is 13.2 Å². The third kappa shape index (κ3) is 5.46. The Hall–Kier alpha value is -2.81. The Kier molecular flexibility index (Phi) is 6.18. The van der Waals surface area contributed by atoms with Crippen LogP contribution in [0.4, 0.5) is 13.2 Å². The average Bonchev–Trinajstić information content (AvgIpc) is 2.65. The number of fused-ring (bicyclic) bond motifs is 1. The second-order valence-electron chi connectivity index (χ2n) is 7.67. The monoisotopic (exact) mass is 498 g/mol. The molecule has 0 amide bonds. The Bertz CT molecular complexity index is 1180. The Morgan fingerprint density at radius 2 is 1.71 bits per heavy atom. The van der Waals surface area contributed by atoms with Gasteiger partial charge in [-0.3, -0.25) is 4.79 Å². The molecule has 1 aromatic heterocycles. The molecule has 0 unspecified atom stereocenters. The highest BCUT2D eigenvalue weighted by molar-refractivity contribution is 9.10. The lowest BCUT2D eigenvalue weighted by Gasteiger charge is -2.19. The van der Waals surface area contributed by atoms with Gasteiger partial charge in [0.1, 0.15) is 16.9 Å². The van der Waals surface area contributed by atoms with E-state index in [2.05, 4.69) is 15.9 Å². The van der Waals surface area contributed by atoms with E-state index < -0.39 is 41.1 Å². The molecule has 0 bridgehead atoms. The van der Waals surface area contributed by atoms with E-state index in [0.717, 1.165) is 6.07 Å². The first-order valence-corrected chi connectivity index (χ1v) is 9.93. The van der Waals surface area contributed by atoms with Crippen LogP contribution in [-0.2, 0) is 15.7 Å². The number of hydrogen-bond donors (Lipinski definition) is 0. The van der Waals surface area contributed by atoms with Gasteiger partial charge in [-0.25, -0.2) is 4.79 Å². The molecule has 0 atom stereocenters. The van der Waals surface area contributed by atoms with Crippen LogP contribution in [0.25, 0.3) is 22.1 Å². The van der Waals surface area contributed by atoms with Gasteiger partial charge in [0.25, 0.3) is 0 Å². The van der Waals surface area contributed by atoms with Gasteiger partial charge in [-0.05, 0) is 50.6 Å². The third-order valence-electron chi connectivity index (χ3n) is 4.03. The van der Waals surface area contributed by atoms with E-state index in [1.807, 2.05) is 0 Å². The van der Waals surface area contributed by atoms with Gasteiger partial charge in [-0.15, -0.1) is 0 Å². The first-order valence-electron chi connectivity index (χ1n) is 9.14. The molecule has 0 aliphatic heterocycles. The molecule has 0 saturated heterocycles. The molecule has 3 aromatic rings. The van der Waals surface area contributed by atoms with Crippen LogP contribution in [0.2, 0.25) is 0 Å². The van der Waals surface area contributed by atoms with Crippen LogP contribution in [0.5, 0.6) is 5.75 Å². The lowest BCUT2D eigenvalue weighted by Crippen LogP contribution is -2.27. The predicted octanol–water partition coefficient (Wildman–Crippen LogP) is 5.96. The molecule has 9 heteroatoms. The summed E-state index contributed by atoms with van der Waals surface area (Å²) in [6.07, 6.45) is -4.90. The van der Waals surface area contributed by atoms with E-state index in [9.17, 15) is 22.8 Å². The molecule has 5 nitrogen and oxygen atoms in total. The zero-order valence-corrected chi connectivity index (χ0v) is 18.4. The van der Waals surface area contributed by atoms with Crippen LogP contribution >= 0.6 is 15.9 Å². The van der Waals surface area contributed by atoms with E-state index in [-0.39, 0.29) is 22.3 Å². The molecule has 0 aliphatic rings. The fraction of sp³-hybridized carbons (Fsp3) is 0.273. The molecule has 0 spiro atoms. The Labute approximate surface area is 183 Å². The lowest BCUT2D eigenvalue weighted by atomic mass is 10.0. The summed E-state index contributed by atoms with van der Waals surface area (Å²) in [6.45, 7) is 4.63. The van der Waals surface area contributed by atoms with Gasteiger partial charge < -0.3 is 13.9 Å². The SMILES string of the molecule is CC(C)(C)OC(=O)COc1ccc2c(=O)c(-c3ccc(Br)cc3)c(C(F)(F)F)oc2c1. The predicted molar refractivity (Wildman–Crippen MR) is 112 cm³/mol. The van der Waals surface area contributed by atoms with E-state index in [4.69, 9.17) is 13.9 Å².